The molecule has 3 aromatic rings. The molecule has 0 aliphatic carbocycles. The first-order valence-corrected chi connectivity index (χ1v) is 13.8. The van der Waals surface area contributed by atoms with E-state index in [0.29, 0.717) is 16.3 Å². The number of Topliss-reactive ketones (excluding diaryl/α,β-unsaturated/α-hetero) is 1. The first-order chi connectivity index (χ1) is 17.6. The molecule has 0 aliphatic rings. The van der Waals surface area contributed by atoms with E-state index in [4.69, 9.17) is 16.3 Å². The van der Waals surface area contributed by atoms with Crippen molar-refractivity contribution in [3.63, 3.8) is 0 Å². The zero-order valence-electron chi connectivity index (χ0n) is 21.0. The number of halogens is 1. The van der Waals surface area contributed by atoms with Gasteiger partial charge in [-0.3, -0.25) is 9.59 Å². The molecule has 37 heavy (non-hydrogen) atoms. The monoisotopic (exact) mass is 542 g/mol. The number of hydrogen-bond donors (Lipinski definition) is 2. The maximum absolute atomic E-state index is 13.0. The molecule has 0 radical (unpaired) electrons. The van der Waals surface area contributed by atoms with E-state index in [1.165, 1.54) is 19.2 Å². The van der Waals surface area contributed by atoms with Gasteiger partial charge in [0.1, 0.15) is 5.75 Å². The van der Waals surface area contributed by atoms with Crippen molar-refractivity contribution in [1.29, 1.82) is 0 Å². The topological polar surface area (TPSA) is 102 Å². The van der Waals surface area contributed by atoms with Gasteiger partial charge in [-0.15, -0.1) is 0 Å². The molecule has 0 heterocycles. The number of hydrogen-bond acceptors (Lipinski definition) is 5. The van der Waals surface area contributed by atoms with Crippen molar-refractivity contribution in [2.45, 2.75) is 44.2 Å². The predicted molar refractivity (Wildman–Crippen MR) is 144 cm³/mol. The lowest BCUT2D eigenvalue weighted by atomic mass is 9.91. The average molecular weight is 543 g/mol. The van der Waals surface area contributed by atoms with Crippen LogP contribution in [0.25, 0.3) is 0 Å². The van der Waals surface area contributed by atoms with E-state index >= 15 is 0 Å². The molecule has 9 heteroatoms. The van der Waals surface area contributed by atoms with Crippen LogP contribution in [0, 0.1) is 5.92 Å². The lowest BCUT2D eigenvalue weighted by Gasteiger charge is -2.16. The summed E-state index contributed by atoms with van der Waals surface area (Å²) in [6.45, 7) is 3.94. The molecule has 1 amide bonds. The Morgan fingerprint density at radius 3 is 2.22 bits per heavy atom. The summed E-state index contributed by atoms with van der Waals surface area (Å²) in [6.07, 6.45) is 0.183. The van der Waals surface area contributed by atoms with Gasteiger partial charge in [-0.25, -0.2) is 13.1 Å². The Balaban J connectivity index is 1.68. The zero-order chi connectivity index (χ0) is 27.0. The summed E-state index contributed by atoms with van der Waals surface area (Å²) in [5.41, 5.74) is 1.98. The molecule has 1 unspecified atom stereocenters. The number of carbonyl (C=O) groups is 2. The second-order valence-corrected chi connectivity index (χ2v) is 11.1. The third-order valence-corrected chi connectivity index (χ3v) is 7.40. The highest BCUT2D eigenvalue weighted by Crippen LogP contribution is 2.28. The van der Waals surface area contributed by atoms with Crippen molar-refractivity contribution in [2.75, 3.05) is 7.05 Å². The van der Waals surface area contributed by atoms with Gasteiger partial charge in [-0.1, -0.05) is 54.1 Å². The molecule has 0 saturated heterocycles. The minimum atomic E-state index is -3.70. The fraction of sp³-hybridized carbons (Fsp3) is 0.286. The van der Waals surface area contributed by atoms with Crippen molar-refractivity contribution in [2.24, 2.45) is 5.92 Å². The van der Waals surface area contributed by atoms with Crippen molar-refractivity contribution in [3.8, 4) is 5.75 Å². The average Bonchev–Trinajstić information content (AvgIpc) is 2.88. The van der Waals surface area contributed by atoms with Gasteiger partial charge in [0.15, 0.2) is 5.78 Å². The Labute approximate surface area is 223 Å². The smallest absolute Gasteiger partial charge is 0.240 e. The highest BCUT2D eigenvalue weighted by molar-refractivity contribution is 7.89. The van der Waals surface area contributed by atoms with E-state index in [2.05, 4.69) is 10.0 Å². The second-order valence-electron chi connectivity index (χ2n) is 8.91. The summed E-state index contributed by atoms with van der Waals surface area (Å²) >= 11 is 6.27. The normalized spacial score (nSPS) is 12.2. The highest BCUT2D eigenvalue weighted by atomic mass is 35.5. The Morgan fingerprint density at radius 2 is 1.62 bits per heavy atom. The number of rotatable bonds is 12. The minimum absolute atomic E-state index is 0.0287. The van der Waals surface area contributed by atoms with E-state index < -0.39 is 15.9 Å². The number of ether oxygens (including phenoxy) is 1. The Morgan fingerprint density at radius 1 is 0.946 bits per heavy atom. The SMILES string of the molecule is CNC(=O)C(CC(=O)c1ccc(OC(C)C)c(Cl)c1)Cc1ccc(S(=O)(=O)NCc2ccccc2)cc1. The maximum atomic E-state index is 13.0. The molecule has 0 fully saturated rings. The van der Waals surface area contributed by atoms with Crippen LogP contribution >= 0.6 is 11.6 Å². The molecule has 0 saturated carbocycles. The number of sulfonamides is 1. The van der Waals surface area contributed by atoms with Crippen LogP contribution in [0.4, 0.5) is 0 Å². The van der Waals surface area contributed by atoms with Gasteiger partial charge in [-0.05, 0) is 61.7 Å². The maximum Gasteiger partial charge on any atom is 0.240 e. The number of amides is 1. The first-order valence-electron chi connectivity index (χ1n) is 11.9. The lowest BCUT2D eigenvalue weighted by molar-refractivity contribution is -0.124. The molecule has 0 aromatic heterocycles. The predicted octanol–water partition coefficient (Wildman–Crippen LogP) is 4.78. The highest BCUT2D eigenvalue weighted by Gasteiger charge is 2.23. The summed E-state index contributed by atoms with van der Waals surface area (Å²) in [6, 6.07) is 20.4. The van der Waals surface area contributed by atoms with Crippen LogP contribution in [-0.4, -0.2) is 33.3 Å². The van der Waals surface area contributed by atoms with Crippen LogP contribution < -0.4 is 14.8 Å². The number of nitrogens with one attached hydrogen (secondary N) is 2. The van der Waals surface area contributed by atoms with Gasteiger partial charge in [0, 0.05) is 31.5 Å². The van der Waals surface area contributed by atoms with Crippen molar-refractivity contribution in [1.82, 2.24) is 10.0 Å². The third kappa shape index (κ3) is 8.15. The van der Waals surface area contributed by atoms with Crippen LogP contribution in [-0.2, 0) is 27.8 Å². The van der Waals surface area contributed by atoms with Gasteiger partial charge < -0.3 is 10.1 Å². The minimum Gasteiger partial charge on any atom is -0.489 e. The second kappa shape index (κ2) is 12.9. The fourth-order valence-corrected chi connectivity index (χ4v) is 5.02. The summed E-state index contributed by atoms with van der Waals surface area (Å²) in [5.74, 6) is -0.651. The molecule has 2 N–H and O–H groups in total. The van der Waals surface area contributed by atoms with E-state index in [1.54, 1.807) is 30.3 Å². The quantitative estimate of drug-likeness (QED) is 0.321. The molecular weight excluding hydrogens is 512 g/mol. The molecule has 0 aliphatic heterocycles. The third-order valence-electron chi connectivity index (χ3n) is 5.69. The van der Waals surface area contributed by atoms with Crippen LogP contribution in [0.1, 0.15) is 41.8 Å². The van der Waals surface area contributed by atoms with E-state index in [1.807, 2.05) is 44.2 Å². The number of ketones is 1. The molecule has 0 spiro atoms. The number of carbonyl (C=O) groups excluding carboxylic acids is 2. The Bertz CT molecular complexity index is 1330. The standard InChI is InChI=1S/C28H31ClN2O5S/c1-19(2)36-27-14-11-22(16-25(27)29)26(32)17-23(28(33)30-3)15-20-9-12-24(13-10-20)37(34,35)31-18-21-7-5-4-6-8-21/h4-14,16,19,23,31H,15,17-18H2,1-3H3,(H,30,33). The number of benzene rings is 3. The zero-order valence-corrected chi connectivity index (χ0v) is 22.6. The summed E-state index contributed by atoms with van der Waals surface area (Å²) < 4.78 is 33.5. The Hall–Kier alpha value is -3.20. The van der Waals surface area contributed by atoms with Crippen molar-refractivity contribution >= 4 is 33.3 Å². The Kier molecular flexibility index (Phi) is 9.86. The van der Waals surface area contributed by atoms with E-state index in [0.717, 1.165) is 11.1 Å². The van der Waals surface area contributed by atoms with Gasteiger partial charge >= 0.3 is 0 Å². The first kappa shape index (κ1) is 28.4. The summed E-state index contributed by atoms with van der Waals surface area (Å²) in [7, 11) is -2.18. The van der Waals surface area contributed by atoms with Crippen molar-refractivity contribution < 1.29 is 22.7 Å². The molecule has 1 atom stereocenters. The van der Waals surface area contributed by atoms with Gasteiger partial charge in [0.25, 0.3) is 0 Å². The molecule has 7 nitrogen and oxygen atoms in total. The van der Waals surface area contributed by atoms with Crippen LogP contribution in [0.3, 0.4) is 0 Å². The molecule has 3 rings (SSSR count). The molecule has 3 aromatic carbocycles. The van der Waals surface area contributed by atoms with Crippen LogP contribution in [0.2, 0.25) is 5.02 Å². The summed E-state index contributed by atoms with van der Waals surface area (Å²) in [5, 5.41) is 2.94. The largest absolute Gasteiger partial charge is 0.489 e. The van der Waals surface area contributed by atoms with Crippen molar-refractivity contribution in [3.05, 3.63) is 94.5 Å². The van der Waals surface area contributed by atoms with E-state index in [-0.39, 0.29) is 42.1 Å². The lowest BCUT2D eigenvalue weighted by Crippen LogP contribution is -2.30. The van der Waals surface area contributed by atoms with Gasteiger partial charge in [0.2, 0.25) is 15.9 Å². The van der Waals surface area contributed by atoms with E-state index in [9.17, 15) is 18.0 Å². The van der Waals surface area contributed by atoms with Gasteiger partial charge in [0.05, 0.1) is 16.0 Å². The molecule has 0 bridgehead atoms. The summed E-state index contributed by atoms with van der Waals surface area (Å²) in [4.78, 5) is 25.6. The van der Waals surface area contributed by atoms with Crippen LogP contribution in [0.15, 0.2) is 77.7 Å². The molecular formula is C28H31ClN2O5S. The molecule has 196 valence electrons. The van der Waals surface area contributed by atoms with Crippen LogP contribution in [0.5, 0.6) is 5.75 Å². The fourth-order valence-electron chi connectivity index (χ4n) is 3.77. The van der Waals surface area contributed by atoms with Gasteiger partial charge in [-0.2, -0.15) is 0 Å².